The molecule has 0 aliphatic heterocycles. The van der Waals surface area contributed by atoms with E-state index >= 15 is 0 Å². The zero-order valence-corrected chi connectivity index (χ0v) is 12.4. The first-order valence-electron chi connectivity index (χ1n) is 5.24. The van der Waals surface area contributed by atoms with Crippen LogP contribution < -0.4 is 11.1 Å². The van der Waals surface area contributed by atoms with Crippen molar-refractivity contribution in [1.82, 2.24) is 5.32 Å². The van der Waals surface area contributed by atoms with Crippen LogP contribution in [-0.2, 0) is 0 Å². The average molecular weight is 382 g/mol. The number of nitrogens with zero attached hydrogens (tertiary/aromatic N) is 1. The van der Waals surface area contributed by atoms with E-state index in [0.29, 0.717) is 30.0 Å². The summed E-state index contributed by atoms with van der Waals surface area (Å²) in [4.78, 5) is 11.7. The van der Waals surface area contributed by atoms with E-state index in [1.807, 2.05) is 0 Å². The molecule has 18 heavy (non-hydrogen) atoms. The molecule has 0 atom stereocenters. The molecular formula is C11H13ClIN3O2. The Labute approximate surface area is 124 Å². The molecule has 0 unspecified atom stereocenters. The number of halogens is 2. The lowest BCUT2D eigenvalue weighted by atomic mass is 10.2. The first-order valence-corrected chi connectivity index (χ1v) is 6.70. The molecule has 0 saturated carbocycles. The molecule has 0 aromatic heterocycles. The summed E-state index contributed by atoms with van der Waals surface area (Å²) in [5, 5.41) is 14.5. The van der Waals surface area contributed by atoms with Crippen molar-refractivity contribution in [2.75, 3.05) is 6.54 Å². The van der Waals surface area contributed by atoms with E-state index in [-0.39, 0.29) is 11.7 Å². The third kappa shape index (κ3) is 4.69. The van der Waals surface area contributed by atoms with Crippen LogP contribution in [0.4, 0.5) is 0 Å². The van der Waals surface area contributed by atoms with Gasteiger partial charge in [0.25, 0.3) is 5.91 Å². The first kappa shape index (κ1) is 15.0. The molecule has 1 aromatic carbocycles. The van der Waals surface area contributed by atoms with Crippen LogP contribution in [0.5, 0.6) is 0 Å². The highest BCUT2D eigenvalue weighted by atomic mass is 127. The van der Waals surface area contributed by atoms with Gasteiger partial charge in [-0.25, -0.2) is 0 Å². The summed E-state index contributed by atoms with van der Waals surface area (Å²) in [6.45, 7) is 0.457. The maximum atomic E-state index is 11.7. The number of nitrogens with one attached hydrogen (secondary N) is 1. The van der Waals surface area contributed by atoms with E-state index in [0.717, 1.165) is 3.57 Å². The van der Waals surface area contributed by atoms with Gasteiger partial charge in [0.2, 0.25) is 0 Å². The topological polar surface area (TPSA) is 87.7 Å². The largest absolute Gasteiger partial charge is 0.409 e. The van der Waals surface area contributed by atoms with Gasteiger partial charge in [-0.05, 0) is 47.2 Å². The van der Waals surface area contributed by atoms with E-state index in [4.69, 9.17) is 22.5 Å². The van der Waals surface area contributed by atoms with E-state index < -0.39 is 0 Å². The lowest BCUT2D eigenvalue weighted by Crippen LogP contribution is -2.25. The lowest BCUT2D eigenvalue weighted by Gasteiger charge is -2.05. The normalized spacial score (nSPS) is 11.3. The number of amides is 1. The molecule has 4 N–H and O–H groups in total. The molecule has 0 spiro atoms. The van der Waals surface area contributed by atoms with Crippen LogP contribution in [0.15, 0.2) is 23.4 Å². The van der Waals surface area contributed by atoms with Gasteiger partial charge in [0.1, 0.15) is 5.84 Å². The molecule has 98 valence electrons. The summed E-state index contributed by atoms with van der Waals surface area (Å²) < 4.78 is 0.901. The molecule has 1 amide bonds. The molecule has 5 nitrogen and oxygen atoms in total. The van der Waals surface area contributed by atoms with Crippen molar-refractivity contribution in [3.8, 4) is 0 Å². The van der Waals surface area contributed by atoms with Gasteiger partial charge >= 0.3 is 0 Å². The molecule has 0 bridgehead atoms. The van der Waals surface area contributed by atoms with Gasteiger partial charge in [-0.2, -0.15) is 0 Å². The summed E-state index contributed by atoms with van der Waals surface area (Å²) in [7, 11) is 0. The SMILES string of the molecule is N/C(CCCNC(=O)c1ccc(I)c(Cl)c1)=N/O. The number of hydrogen-bond acceptors (Lipinski definition) is 3. The Bertz CT molecular complexity index is 466. The van der Waals surface area contributed by atoms with Gasteiger partial charge < -0.3 is 16.3 Å². The Balaban J connectivity index is 2.43. The maximum Gasteiger partial charge on any atom is 0.251 e. The first-order chi connectivity index (χ1) is 8.54. The van der Waals surface area contributed by atoms with Gasteiger partial charge in [0, 0.05) is 22.1 Å². The standard InChI is InChI=1S/C11H13ClIN3O2/c12-8-6-7(3-4-9(8)13)11(17)15-5-1-2-10(14)16-18/h3-4,6,18H,1-2,5H2,(H2,14,16)(H,15,17). The molecule has 1 aromatic rings. The molecule has 0 radical (unpaired) electrons. The van der Waals surface area contributed by atoms with Gasteiger partial charge in [-0.3, -0.25) is 4.79 Å². The number of rotatable bonds is 5. The Hall–Kier alpha value is -1.02. The summed E-state index contributed by atoms with van der Waals surface area (Å²) in [6.07, 6.45) is 1.05. The molecule has 0 aliphatic rings. The van der Waals surface area contributed by atoms with Crippen LogP contribution in [-0.4, -0.2) is 23.5 Å². The number of amidine groups is 1. The number of carbonyl (C=O) groups is 1. The smallest absolute Gasteiger partial charge is 0.251 e. The van der Waals surface area contributed by atoms with Gasteiger partial charge in [0.05, 0.1) is 5.02 Å². The van der Waals surface area contributed by atoms with Crippen molar-refractivity contribution in [1.29, 1.82) is 0 Å². The molecule has 0 saturated heterocycles. The molecule has 7 heteroatoms. The Morgan fingerprint density at radius 3 is 2.89 bits per heavy atom. The highest BCUT2D eigenvalue weighted by molar-refractivity contribution is 14.1. The fourth-order valence-electron chi connectivity index (χ4n) is 1.26. The number of nitrogens with two attached hydrogens (primary N) is 1. The number of oxime groups is 1. The predicted molar refractivity (Wildman–Crippen MR) is 79.1 cm³/mol. The van der Waals surface area contributed by atoms with Crippen molar-refractivity contribution >= 4 is 45.9 Å². The fourth-order valence-corrected chi connectivity index (χ4v) is 1.78. The summed E-state index contributed by atoms with van der Waals surface area (Å²) in [5.41, 5.74) is 5.82. The second-order valence-corrected chi connectivity index (χ2v) is 5.15. The van der Waals surface area contributed by atoms with Crippen LogP contribution >= 0.6 is 34.2 Å². The summed E-state index contributed by atoms with van der Waals surface area (Å²) in [5.74, 6) is -0.0330. The van der Waals surface area contributed by atoms with Crippen LogP contribution in [0, 0.1) is 3.57 Å². The van der Waals surface area contributed by atoms with E-state index in [2.05, 4.69) is 33.1 Å². The number of hydrogen-bond donors (Lipinski definition) is 3. The van der Waals surface area contributed by atoms with Crippen molar-refractivity contribution in [2.24, 2.45) is 10.9 Å². The van der Waals surface area contributed by atoms with Crippen molar-refractivity contribution in [3.63, 3.8) is 0 Å². The minimum Gasteiger partial charge on any atom is -0.409 e. The third-order valence-electron chi connectivity index (χ3n) is 2.21. The Morgan fingerprint density at radius 1 is 1.56 bits per heavy atom. The fraction of sp³-hybridized carbons (Fsp3) is 0.273. The van der Waals surface area contributed by atoms with E-state index in [9.17, 15) is 4.79 Å². The minimum absolute atomic E-state index is 0.154. The predicted octanol–water partition coefficient (Wildman–Crippen LogP) is 2.20. The van der Waals surface area contributed by atoms with Gasteiger partial charge in [-0.1, -0.05) is 16.8 Å². The van der Waals surface area contributed by atoms with E-state index in [1.165, 1.54) is 0 Å². The van der Waals surface area contributed by atoms with Crippen LogP contribution in [0.25, 0.3) is 0 Å². The van der Waals surface area contributed by atoms with Crippen LogP contribution in [0.2, 0.25) is 5.02 Å². The van der Waals surface area contributed by atoms with Crippen molar-refractivity contribution in [2.45, 2.75) is 12.8 Å². The minimum atomic E-state index is -0.187. The van der Waals surface area contributed by atoms with E-state index in [1.54, 1.807) is 18.2 Å². The number of carbonyl (C=O) groups excluding carboxylic acids is 1. The number of benzene rings is 1. The maximum absolute atomic E-state index is 11.7. The van der Waals surface area contributed by atoms with Crippen LogP contribution in [0.3, 0.4) is 0 Å². The molecular weight excluding hydrogens is 368 g/mol. The zero-order chi connectivity index (χ0) is 13.5. The molecule has 1 rings (SSSR count). The van der Waals surface area contributed by atoms with Crippen molar-refractivity contribution < 1.29 is 10.0 Å². The Kier molecular flexibility index (Phi) is 6.20. The third-order valence-corrected chi connectivity index (χ3v) is 3.78. The van der Waals surface area contributed by atoms with Gasteiger partial charge in [-0.15, -0.1) is 0 Å². The molecule has 0 fully saturated rings. The molecule has 0 aliphatic carbocycles. The quantitative estimate of drug-likeness (QED) is 0.182. The highest BCUT2D eigenvalue weighted by Gasteiger charge is 2.07. The lowest BCUT2D eigenvalue weighted by molar-refractivity contribution is 0.0953. The average Bonchev–Trinajstić information content (AvgIpc) is 2.37. The second-order valence-electron chi connectivity index (χ2n) is 3.58. The van der Waals surface area contributed by atoms with Crippen LogP contribution in [0.1, 0.15) is 23.2 Å². The Morgan fingerprint density at radius 2 is 2.28 bits per heavy atom. The summed E-state index contributed by atoms with van der Waals surface area (Å²) >= 11 is 8.03. The molecule has 0 heterocycles. The highest BCUT2D eigenvalue weighted by Crippen LogP contribution is 2.19. The second kappa shape index (κ2) is 7.42. The van der Waals surface area contributed by atoms with Crippen molar-refractivity contribution in [3.05, 3.63) is 32.4 Å². The zero-order valence-electron chi connectivity index (χ0n) is 9.49. The monoisotopic (exact) mass is 381 g/mol. The van der Waals surface area contributed by atoms with Gasteiger partial charge in [0.15, 0.2) is 0 Å². The summed E-state index contributed by atoms with van der Waals surface area (Å²) in [6, 6.07) is 5.13.